The van der Waals surface area contributed by atoms with Crippen LogP contribution in [-0.4, -0.2) is 4.98 Å². The highest BCUT2D eigenvalue weighted by molar-refractivity contribution is 6.17. The van der Waals surface area contributed by atoms with Crippen molar-refractivity contribution >= 4 is 22.5 Å². The van der Waals surface area contributed by atoms with Crippen LogP contribution in [0.3, 0.4) is 0 Å². The summed E-state index contributed by atoms with van der Waals surface area (Å²) in [5.41, 5.74) is 3.17. The van der Waals surface area contributed by atoms with Gasteiger partial charge in [-0.05, 0) is 23.8 Å². The zero-order valence-corrected chi connectivity index (χ0v) is 11.7. The second-order valence-corrected chi connectivity index (χ2v) is 4.83. The predicted molar refractivity (Wildman–Crippen MR) is 82.1 cm³/mol. The number of hydrogen-bond donors (Lipinski definition) is 0. The molecule has 1 aromatic heterocycles. The Kier molecular flexibility index (Phi) is 3.84. The molecule has 3 heteroatoms. The summed E-state index contributed by atoms with van der Waals surface area (Å²) in [6, 6.07) is 18.0. The van der Waals surface area contributed by atoms with Crippen LogP contribution in [0.1, 0.15) is 11.1 Å². The van der Waals surface area contributed by atoms with Crippen molar-refractivity contribution in [2.75, 3.05) is 0 Å². The van der Waals surface area contributed by atoms with Gasteiger partial charge in [-0.15, -0.1) is 11.6 Å². The van der Waals surface area contributed by atoms with Crippen molar-refractivity contribution < 1.29 is 4.74 Å². The van der Waals surface area contributed by atoms with Gasteiger partial charge in [-0.25, -0.2) is 0 Å². The monoisotopic (exact) mass is 283 g/mol. The highest BCUT2D eigenvalue weighted by Crippen LogP contribution is 2.19. The molecule has 0 atom stereocenters. The molecule has 3 aromatic rings. The molecule has 0 bridgehead atoms. The number of benzene rings is 2. The number of para-hydroxylation sites is 1. The van der Waals surface area contributed by atoms with Crippen molar-refractivity contribution in [1.29, 1.82) is 0 Å². The van der Waals surface area contributed by atoms with Crippen molar-refractivity contribution in [3.63, 3.8) is 0 Å². The predicted octanol–water partition coefficient (Wildman–Crippen LogP) is 4.55. The number of halogens is 1. The standard InChI is InChI=1S/C17H14ClNO/c18-11-13-6-8-16(9-7-13)20-12-15-4-1-3-14-5-2-10-19-17(14)15/h1-10H,11-12H2. The third-order valence-corrected chi connectivity index (χ3v) is 3.50. The van der Waals surface area contributed by atoms with Crippen LogP contribution >= 0.6 is 11.6 Å². The summed E-state index contributed by atoms with van der Waals surface area (Å²) in [5, 5.41) is 1.13. The largest absolute Gasteiger partial charge is 0.489 e. The maximum absolute atomic E-state index is 5.82. The zero-order chi connectivity index (χ0) is 13.8. The molecule has 0 aliphatic carbocycles. The average Bonchev–Trinajstić information content (AvgIpc) is 2.53. The lowest BCUT2D eigenvalue weighted by molar-refractivity contribution is 0.307. The van der Waals surface area contributed by atoms with Crippen LogP contribution in [0.25, 0.3) is 10.9 Å². The van der Waals surface area contributed by atoms with Gasteiger partial charge in [0.05, 0.1) is 5.52 Å². The minimum atomic E-state index is 0.509. The molecule has 0 spiro atoms. The number of ether oxygens (including phenoxy) is 1. The first-order chi connectivity index (χ1) is 9.86. The number of hydrogen-bond acceptors (Lipinski definition) is 2. The summed E-state index contributed by atoms with van der Waals surface area (Å²) in [7, 11) is 0. The molecule has 3 rings (SSSR count). The second-order valence-electron chi connectivity index (χ2n) is 4.56. The maximum atomic E-state index is 5.82. The molecule has 20 heavy (non-hydrogen) atoms. The van der Waals surface area contributed by atoms with Gasteiger partial charge in [0.25, 0.3) is 0 Å². The first kappa shape index (κ1) is 12.9. The average molecular weight is 284 g/mol. The lowest BCUT2D eigenvalue weighted by Gasteiger charge is -2.08. The number of pyridine rings is 1. The van der Waals surface area contributed by atoms with Crippen LogP contribution in [0.2, 0.25) is 0 Å². The van der Waals surface area contributed by atoms with Crippen LogP contribution in [-0.2, 0) is 12.5 Å². The summed E-state index contributed by atoms with van der Waals surface area (Å²) < 4.78 is 5.82. The molecule has 1 heterocycles. The van der Waals surface area contributed by atoms with Gasteiger partial charge < -0.3 is 4.74 Å². The molecule has 0 saturated heterocycles. The number of alkyl halides is 1. The summed E-state index contributed by atoms with van der Waals surface area (Å²) in [6.45, 7) is 0.509. The van der Waals surface area contributed by atoms with E-state index in [1.165, 1.54) is 0 Å². The molecule has 0 saturated carbocycles. The van der Waals surface area contributed by atoms with Crippen molar-refractivity contribution in [3.05, 3.63) is 71.9 Å². The van der Waals surface area contributed by atoms with Gasteiger partial charge in [-0.1, -0.05) is 36.4 Å². The first-order valence-corrected chi connectivity index (χ1v) is 7.00. The normalized spacial score (nSPS) is 10.7. The Morgan fingerprint density at radius 3 is 2.55 bits per heavy atom. The Hall–Kier alpha value is -2.06. The Bertz CT molecular complexity index is 704. The van der Waals surface area contributed by atoms with E-state index in [1.54, 1.807) is 6.20 Å². The summed E-state index contributed by atoms with van der Waals surface area (Å²) in [5.74, 6) is 1.36. The SMILES string of the molecule is ClCc1ccc(OCc2cccc3cccnc23)cc1. The van der Waals surface area contributed by atoms with Gasteiger partial charge in [0.2, 0.25) is 0 Å². The fourth-order valence-electron chi connectivity index (χ4n) is 2.12. The molecule has 0 aliphatic rings. The van der Waals surface area contributed by atoms with E-state index in [-0.39, 0.29) is 0 Å². The third-order valence-electron chi connectivity index (χ3n) is 3.19. The van der Waals surface area contributed by atoms with Crippen molar-refractivity contribution in [2.24, 2.45) is 0 Å². The van der Waals surface area contributed by atoms with Crippen molar-refractivity contribution in [3.8, 4) is 5.75 Å². The molecular weight excluding hydrogens is 270 g/mol. The van der Waals surface area contributed by atoms with Crippen LogP contribution in [0.5, 0.6) is 5.75 Å². The van der Waals surface area contributed by atoms with E-state index in [1.807, 2.05) is 42.5 Å². The molecule has 0 unspecified atom stereocenters. The molecule has 0 N–H and O–H groups in total. The van der Waals surface area contributed by atoms with Gasteiger partial charge in [0.1, 0.15) is 12.4 Å². The van der Waals surface area contributed by atoms with E-state index in [0.29, 0.717) is 12.5 Å². The van der Waals surface area contributed by atoms with Gasteiger partial charge in [-0.3, -0.25) is 4.98 Å². The van der Waals surface area contributed by atoms with Gasteiger partial charge in [0.15, 0.2) is 0 Å². The smallest absolute Gasteiger partial charge is 0.119 e. The molecule has 0 amide bonds. The molecule has 100 valence electrons. The Morgan fingerprint density at radius 2 is 1.75 bits per heavy atom. The summed E-state index contributed by atoms with van der Waals surface area (Å²) in [6.07, 6.45) is 1.81. The molecular formula is C17H14ClNO. The minimum Gasteiger partial charge on any atom is -0.489 e. The number of aromatic nitrogens is 1. The van der Waals surface area contributed by atoms with Crippen LogP contribution in [0, 0.1) is 0 Å². The van der Waals surface area contributed by atoms with Crippen molar-refractivity contribution in [2.45, 2.75) is 12.5 Å². The number of rotatable bonds is 4. The quantitative estimate of drug-likeness (QED) is 0.655. The van der Waals surface area contributed by atoms with Crippen LogP contribution < -0.4 is 4.74 Å². The van der Waals surface area contributed by atoms with E-state index >= 15 is 0 Å². The highest BCUT2D eigenvalue weighted by atomic mass is 35.5. The summed E-state index contributed by atoms with van der Waals surface area (Å²) in [4.78, 5) is 4.42. The topological polar surface area (TPSA) is 22.1 Å². The fourth-order valence-corrected chi connectivity index (χ4v) is 2.30. The van der Waals surface area contributed by atoms with E-state index in [4.69, 9.17) is 16.3 Å². The Balaban J connectivity index is 1.79. The molecule has 2 nitrogen and oxygen atoms in total. The second kappa shape index (κ2) is 5.93. The van der Waals surface area contributed by atoms with Crippen molar-refractivity contribution in [1.82, 2.24) is 4.98 Å². The lowest BCUT2D eigenvalue weighted by atomic mass is 10.1. The van der Waals surface area contributed by atoms with E-state index in [0.717, 1.165) is 27.8 Å². The molecule has 0 aliphatic heterocycles. The lowest BCUT2D eigenvalue weighted by Crippen LogP contribution is -1.97. The third kappa shape index (κ3) is 2.75. The Morgan fingerprint density at radius 1 is 0.950 bits per heavy atom. The number of fused-ring (bicyclic) bond motifs is 1. The van der Waals surface area contributed by atoms with Gasteiger partial charge in [-0.2, -0.15) is 0 Å². The fraction of sp³-hybridized carbons (Fsp3) is 0.118. The van der Waals surface area contributed by atoms with Crippen LogP contribution in [0.4, 0.5) is 0 Å². The van der Waals surface area contributed by atoms with E-state index in [9.17, 15) is 0 Å². The first-order valence-electron chi connectivity index (χ1n) is 6.47. The molecule has 0 radical (unpaired) electrons. The minimum absolute atomic E-state index is 0.509. The van der Waals surface area contributed by atoms with E-state index in [2.05, 4.69) is 17.1 Å². The Labute approximate surface area is 123 Å². The molecule has 2 aromatic carbocycles. The van der Waals surface area contributed by atoms with Gasteiger partial charge in [0, 0.05) is 23.0 Å². The zero-order valence-electron chi connectivity index (χ0n) is 10.9. The maximum Gasteiger partial charge on any atom is 0.119 e. The number of nitrogens with zero attached hydrogens (tertiary/aromatic N) is 1. The highest BCUT2D eigenvalue weighted by Gasteiger charge is 2.02. The van der Waals surface area contributed by atoms with Gasteiger partial charge >= 0.3 is 0 Å². The van der Waals surface area contributed by atoms with E-state index < -0.39 is 0 Å². The van der Waals surface area contributed by atoms with Crippen LogP contribution in [0.15, 0.2) is 60.8 Å². The molecule has 0 fully saturated rings. The summed E-state index contributed by atoms with van der Waals surface area (Å²) >= 11 is 5.77.